The quantitative estimate of drug-likeness (QED) is 0.839. The molecule has 0 amide bonds. The van der Waals surface area contributed by atoms with E-state index in [1.165, 1.54) is 13.2 Å². The number of rotatable bonds is 1. The van der Waals surface area contributed by atoms with Crippen molar-refractivity contribution in [2.24, 2.45) is 0 Å². The summed E-state index contributed by atoms with van der Waals surface area (Å²) in [7, 11) is 1.39. The maximum atomic E-state index is 12.0. The number of hydrogen-bond donors (Lipinski definition) is 1. The molecular weight excluding hydrogens is 244 g/mol. The van der Waals surface area contributed by atoms with Gasteiger partial charge in [-0.15, -0.1) is 0 Å². The number of benzene rings is 1. The number of ketones is 1. The van der Waals surface area contributed by atoms with E-state index in [-0.39, 0.29) is 34.5 Å². The number of fused-ring (bicyclic) bond motifs is 1. The molecule has 0 radical (unpaired) electrons. The van der Waals surface area contributed by atoms with Crippen LogP contribution in [0, 0.1) is 0 Å². The number of hydrogen-bond acceptors (Lipinski definition) is 4. The zero-order chi connectivity index (χ0) is 12.8. The van der Waals surface area contributed by atoms with Crippen molar-refractivity contribution in [1.82, 2.24) is 0 Å². The van der Waals surface area contributed by atoms with Gasteiger partial charge in [0.1, 0.15) is 5.60 Å². The Bertz CT molecular complexity index is 494. The summed E-state index contributed by atoms with van der Waals surface area (Å²) < 4.78 is 10.7. The molecule has 0 saturated heterocycles. The third kappa shape index (κ3) is 1.93. The van der Waals surface area contributed by atoms with Gasteiger partial charge in [-0.05, 0) is 19.9 Å². The van der Waals surface area contributed by atoms with Crippen molar-refractivity contribution in [3.05, 3.63) is 16.7 Å². The van der Waals surface area contributed by atoms with Crippen LogP contribution in [0.2, 0.25) is 5.02 Å². The molecule has 1 aromatic carbocycles. The van der Waals surface area contributed by atoms with E-state index < -0.39 is 5.60 Å². The van der Waals surface area contributed by atoms with E-state index in [2.05, 4.69) is 0 Å². The molecular formula is C12H13ClO4. The molecule has 1 aliphatic rings. The minimum atomic E-state index is -0.613. The van der Waals surface area contributed by atoms with E-state index in [4.69, 9.17) is 21.1 Å². The lowest BCUT2D eigenvalue weighted by atomic mass is 9.92. The van der Waals surface area contributed by atoms with Crippen LogP contribution in [0.25, 0.3) is 0 Å². The first kappa shape index (κ1) is 12.0. The monoisotopic (exact) mass is 256 g/mol. The van der Waals surface area contributed by atoms with E-state index in [1.54, 1.807) is 13.8 Å². The zero-order valence-corrected chi connectivity index (χ0v) is 10.6. The average molecular weight is 257 g/mol. The highest BCUT2D eigenvalue weighted by atomic mass is 35.5. The van der Waals surface area contributed by atoms with Crippen LogP contribution >= 0.6 is 11.6 Å². The fourth-order valence-corrected chi connectivity index (χ4v) is 2.09. The molecule has 0 aromatic heterocycles. The molecule has 5 heteroatoms. The smallest absolute Gasteiger partial charge is 0.205 e. The van der Waals surface area contributed by atoms with E-state index in [9.17, 15) is 9.90 Å². The van der Waals surface area contributed by atoms with Crippen LogP contribution < -0.4 is 9.47 Å². The first-order valence-corrected chi connectivity index (χ1v) is 5.55. The summed E-state index contributed by atoms with van der Waals surface area (Å²) in [6.07, 6.45) is 0.268. The largest absolute Gasteiger partial charge is 0.503 e. The SMILES string of the molecule is COc1c(O)c(Cl)cc2c1OC(C)(C)CC2=O. The average Bonchev–Trinajstić information content (AvgIpc) is 2.21. The van der Waals surface area contributed by atoms with Crippen molar-refractivity contribution in [3.63, 3.8) is 0 Å². The molecule has 17 heavy (non-hydrogen) atoms. The third-order valence-electron chi connectivity index (χ3n) is 2.63. The first-order chi connectivity index (χ1) is 7.85. The van der Waals surface area contributed by atoms with Crippen LogP contribution in [0.15, 0.2) is 6.07 Å². The molecule has 1 heterocycles. The number of phenolic OH excluding ortho intramolecular Hbond substituents is 1. The summed E-state index contributed by atoms with van der Waals surface area (Å²) in [6.45, 7) is 3.61. The van der Waals surface area contributed by atoms with Crippen LogP contribution in [0.4, 0.5) is 0 Å². The topological polar surface area (TPSA) is 55.8 Å². The first-order valence-electron chi connectivity index (χ1n) is 5.17. The molecule has 0 fully saturated rings. The standard InChI is InChI=1S/C12H13ClO4/c1-12(2)5-8(14)6-4-7(13)9(15)11(16-3)10(6)17-12/h4,15H,5H2,1-3H3. The summed E-state index contributed by atoms with van der Waals surface area (Å²) in [4.78, 5) is 12.0. The van der Waals surface area contributed by atoms with E-state index in [0.29, 0.717) is 5.56 Å². The molecule has 0 unspecified atom stereocenters. The fourth-order valence-electron chi connectivity index (χ4n) is 1.89. The summed E-state index contributed by atoms with van der Waals surface area (Å²) in [5.41, 5.74) is -0.263. The van der Waals surface area contributed by atoms with Crippen molar-refractivity contribution in [2.45, 2.75) is 25.9 Å². The predicted molar refractivity (Wildman–Crippen MR) is 63.3 cm³/mol. The number of methoxy groups -OCH3 is 1. The second-order valence-electron chi connectivity index (χ2n) is 4.58. The van der Waals surface area contributed by atoms with Gasteiger partial charge in [-0.3, -0.25) is 4.79 Å². The Labute approximate surface area is 104 Å². The molecule has 0 saturated carbocycles. The lowest BCUT2D eigenvalue weighted by Gasteiger charge is -2.32. The maximum absolute atomic E-state index is 12.0. The number of aromatic hydroxyl groups is 1. The van der Waals surface area contributed by atoms with Crippen molar-refractivity contribution >= 4 is 17.4 Å². The van der Waals surface area contributed by atoms with Gasteiger partial charge in [0.05, 0.1) is 24.1 Å². The van der Waals surface area contributed by atoms with Crippen LogP contribution in [-0.4, -0.2) is 23.6 Å². The molecule has 0 aliphatic carbocycles. The minimum absolute atomic E-state index is 0.0727. The van der Waals surface area contributed by atoms with Gasteiger partial charge >= 0.3 is 0 Å². The summed E-state index contributed by atoms with van der Waals surface area (Å²) in [6, 6.07) is 1.41. The lowest BCUT2D eigenvalue weighted by Crippen LogP contribution is -2.36. The number of phenols is 1. The molecule has 1 aliphatic heterocycles. The van der Waals surface area contributed by atoms with Crippen LogP contribution in [0.1, 0.15) is 30.6 Å². The van der Waals surface area contributed by atoms with Crippen LogP contribution in [-0.2, 0) is 0 Å². The molecule has 0 bridgehead atoms. The molecule has 1 N–H and O–H groups in total. The Hall–Kier alpha value is -1.42. The highest BCUT2D eigenvalue weighted by molar-refractivity contribution is 6.33. The van der Waals surface area contributed by atoms with Crippen LogP contribution in [0.5, 0.6) is 17.2 Å². The molecule has 4 nitrogen and oxygen atoms in total. The Kier molecular flexibility index (Phi) is 2.70. The fraction of sp³-hybridized carbons (Fsp3) is 0.417. The van der Waals surface area contributed by atoms with Gasteiger partial charge in [0.25, 0.3) is 0 Å². The second kappa shape index (κ2) is 3.81. The van der Waals surface area contributed by atoms with Gasteiger partial charge in [-0.2, -0.15) is 0 Å². The van der Waals surface area contributed by atoms with Crippen molar-refractivity contribution in [2.75, 3.05) is 7.11 Å². The second-order valence-corrected chi connectivity index (χ2v) is 4.99. The zero-order valence-electron chi connectivity index (χ0n) is 9.83. The van der Waals surface area contributed by atoms with Crippen molar-refractivity contribution < 1.29 is 19.4 Å². The summed E-state index contributed by atoms with van der Waals surface area (Å²) in [5, 5.41) is 9.84. The molecule has 92 valence electrons. The Morgan fingerprint density at radius 3 is 2.76 bits per heavy atom. The minimum Gasteiger partial charge on any atom is -0.503 e. The molecule has 1 aromatic rings. The van der Waals surface area contributed by atoms with E-state index >= 15 is 0 Å². The Morgan fingerprint density at radius 2 is 2.18 bits per heavy atom. The van der Waals surface area contributed by atoms with E-state index in [0.717, 1.165) is 0 Å². The van der Waals surface area contributed by atoms with Gasteiger partial charge in [-0.1, -0.05) is 11.6 Å². The molecule has 0 atom stereocenters. The van der Waals surface area contributed by atoms with Gasteiger partial charge < -0.3 is 14.6 Å². The highest BCUT2D eigenvalue weighted by Gasteiger charge is 2.36. The summed E-state index contributed by atoms with van der Waals surface area (Å²) >= 11 is 5.83. The normalized spacial score (nSPS) is 17.3. The van der Waals surface area contributed by atoms with Gasteiger partial charge in [0.2, 0.25) is 5.75 Å². The van der Waals surface area contributed by atoms with Gasteiger partial charge in [0.15, 0.2) is 17.3 Å². The van der Waals surface area contributed by atoms with Crippen LogP contribution in [0.3, 0.4) is 0 Å². The lowest BCUT2D eigenvalue weighted by molar-refractivity contribution is 0.0599. The maximum Gasteiger partial charge on any atom is 0.205 e. The van der Waals surface area contributed by atoms with Gasteiger partial charge in [0, 0.05) is 0 Å². The van der Waals surface area contributed by atoms with Crippen molar-refractivity contribution in [3.8, 4) is 17.2 Å². The Balaban J connectivity index is 2.68. The number of carbonyl (C=O) groups excluding carboxylic acids is 1. The number of Topliss-reactive ketones (excluding diaryl/α,β-unsaturated/α-hetero) is 1. The van der Waals surface area contributed by atoms with Gasteiger partial charge in [-0.25, -0.2) is 0 Å². The summed E-state index contributed by atoms with van der Waals surface area (Å²) in [5.74, 6) is 0.0825. The Morgan fingerprint density at radius 1 is 1.53 bits per heavy atom. The molecule has 0 spiro atoms. The highest BCUT2D eigenvalue weighted by Crippen LogP contribution is 2.48. The molecule has 2 rings (SSSR count). The van der Waals surface area contributed by atoms with E-state index in [1.807, 2.05) is 0 Å². The number of halogens is 1. The number of ether oxygens (including phenoxy) is 2. The number of carbonyl (C=O) groups is 1. The predicted octanol–water partition coefficient (Wildman–Crippen LogP) is 2.80. The third-order valence-corrected chi connectivity index (χ3v) is 2.92. The van der Waals surface area contributed by atoms with Crippen molar-refractivity contribution in [1.29, 1.82) is 0 Å².